The highest BCUT2D eigenvalue weighted by Crippen LogP contribution is 2.18. The molecule has 1 N–H and O–H groups in total. The zero-order valence-corrected chi connectivity index (χ0v) is 15.1. The van der Waals surface area contributed by atoms with E-state index in [1.54, 1.807) is 29.8 Å². The second kappa shape index (κ2) is 6.68. The number of aryl methyl sites for hydroxylation is 2. The molecular formula is C20H19N5O2. The molecule has 0 fully saturated rings. The number of amides is 1. The Hall–Kier alpha value is -3.48. The Morgan fingerprint density at radius 2 is 2.00 bits per heavy atom. The summed E-state index contributed by atoms with van der Waals surface area (Å²) in [4.78, 5) is 33.7. The van der Waals surface area contributed by atoms with Gasteiger partial charge in [0.05, 0.1) is 5.39 Å². The van der Waals surface area contributed by atoms with Crippen LogP contribution in [0.5, 0.6) is 0 Å². The highest BCUT2D eigenvalue weighted by atomic mass is 16.2. The molecule has 0 bridgehead atoms. The van der Waals surface area contributed by atoms with Crippen LogP contribution in [-0.4, -0.2) is 31.6 Å². The number of hydrogen-bond donors (Lipinski definition) is 1. The third-order valence-electron chi connectivity index (χ3n) is 4.73. The van der Waals surface area contributed by atoms with E-state index >= 15 is 0 Å². The van der Waals surface area contributed by atoms with Crippen LogP contribution < -0.4 is 10.9 Å². The van der Waals surface area contributed by atoms with Crippen LogP contribution in [0, 0.1) is 6.92 Å². The Kier molecular flexibility index (Phi) is 4.19. The summed E-state index contributed by atoms with van der Waals surface area (Å²) in [5.74, 6) is 0.403. The van der Waals surface area contributed by atoms with Crippen molar-refractivity contribution in [3.63, 3.8) is 0 Å². The predicted molar refractivity (Wildman–Crippen MR) is 104 cm³/mol. The lowest BCUT2D eigenvalue weighted by Gasteiger charge is -2.11. The highest BCUT2D eigenvalue weighted by Gasteiger charge is 2.13. The average Bonchev–Trinajstić information content (AvgIpc) is 3.01. The zero-order valence-electron chi connectivity index (χ0n) is 15.1. The molecule has 0 aliphatic rings. The number of hydrogen-bond acceptors (Lipinski definition) is 4. The van der Waals surface area contributed by atoms with Crippen molar-refractivity contribution in [3.05, 3.63) is 70.5 Å². The van der Waals surface area contributed by atoms with E-state index in [1.165, 1.54) is 0 Å². The molecule has 0 aliphatic heterocycles. The van der Waals surface area contributed by atoms with Crippen LogP contribution in [0.15, 0.2) is 53.5 Å². The van der Waals surface area contributed by atoms with Crippen molar-refractivity contribution >= 4 is 27.8 Å². The molecule has 1 aromatic carbocycles. The molecule has 3 aromatic heterocycles. The van der Waals surface area contributed by atoms with Gasteiger partial charge in [0.2, 0.25) is 0 Å². The molecule has 7 heteroatoms. The van der Waals surface area contributed by atoms with Crippen molar-refractivity contribution < 1.29 is 4.79 Å². The Morgan fingerprint density at radius 3 is 2.81 bits per heavy atom. The van der Waals surface area contributed by atoms with Crippen molar-refractivity contribution in [2.45, 2.75) is 13.5 Å². The normalized spacial score (nSPS) is 11.2. The number of nitrogens with zero attached hydrogens (tertiary/aromatic N) is 4. The van der Waals surface area contributed by atoms with Crippen LogP contribution in [0.4, 0.5) is 0 Å². The SMILES string of the molecule is Cc1nc2ncccc2c(=O)n1CCNC(=O)c1cc2ccccc2n1C. The van der Waals surface area contributed by atoms with E-state index < -0.39 is 0 Å². The summed E-state index contributed by atoms with van der Waals surface area (Å²) in [6, 6.07) is 13.1. The summed E-state index contributed by atoms with van der Waals surface area (Å²) in [5, 5.41) is 4.38. The van der Waals surface area contributed by atoms with Gasteiger partial charge in [-0.3, -0.25) is 14.2 Å². The van der Waals surface area contributed by atoms with E-state index in [-0.39, 0.29) is 11.5 Å². The van der Waals surface area contributed by atoms with E-state index in [0.29, 0.717) is 35.6 Å². The van der Waals surface area contributed by atoms with E-state index in [0.717, 1.165) is 10.9 Å². The van der Waals surface area contributed by atoms with Gasteiger partial charge in [-0.1, -0.05) is 18.2 Å². The van der Waals surface area contributed by atoms with Gasteiger partial charge in [0.25, 0.3) is 11.5 Å². The number of aromatic nitrogens is 4. The summed E-state index contributed by atoms with van der Waals surface area (Å²) in [5.41, 5.74) is 1.88. The van der Waals surface area contributed by atoms with Gasteiger partial charge >= 0.3 is 0 Å². The molecule has 7 nitrogen and oxygen atoms in total. The Labute approximate surface area is 155 Å². The summed E-state index contributed by atoms with van der Waals surface area (Å²) >= 11 is 0. The maximum Gasteiger partial charge on any atom is 0.267 e. The molecule has 0 unspecified atom stereocenters. The number of nitrogens with one attached hydrogen (secondary N) is 1. The number of carbonyl (C=O) groups is 1. The lowest BCUT2D eigenvalue weighted by atomic mass is 10.2. The smallest absolute Gasteiger partial charge is 0.267 e. The van der Waals surface area contributed by atoms with Gasteiger partial charge in [0.1, 0.15) is 11.5 Å². The first-order valence-electron chi connectivity index (χ1n) is 8.71. The summed E-state index contributed by atoms with van der Waals surface area (Å²) in [6.07, 6.45) is 1.61. The van der Waals surface area contributed by atoms with Gasteiger partial charge in [-0.15, -0.1) is 0 Å². The highest BCUT2D eigenvalue weighted by molar-refractivity contribution is 5.98. The average molecular weight is 361 g/mol. The van der Waals surface area contributed by atoms with Crippen LogP contribution in [-0.2, 0) is 13.6 Å². The molecule has 4 aromatic rings. The molecule has 1 amide bonds. The van der Waals surface area contributed by atoms with E-state index in [9.17, 15) is 9.59 Å². The third kappa shape index (κ3) is 2.97. The molecule has 0 radical (unpaired) electrons. The molecule has 0 spiro atoms. The van der Waals surface area contributed by atoms with Gasteiger partial charge in [0, 0.05) is 37.2 Å². The van der Waals surface area contributed by atoms with Gasteiger partial charge < -0.3 is 9.88 Å². The molecular weight excluding hydrogens is 342 g/mol. The van der Waals surface area contributed by atoms with Gasteiger partial charge in [-0.25, -0.2) is 9.97 Å². The zero-order chi connectivity index (χ0) is 19.0. The monoisotopic (exact) mass is 361 g/mol. The predicted octanol–water partition coefficient (Wildman–Crippen LogP) is 2.02. The molecule has 0 saturated heterocycles. The molecule has 3 heterocycles. The minimum absolute atomic E-state index is 0.149. The Bertz CT molecular complexity index is 1220. The van der Waals surface area contributed by atoms with Crippen molar-refractivity contribution in [2.24, 2.45) is 7.05 Å². The number of fused-ring (bicyclic) bond motifs is 2. The van der Waals surface area contributed by atoms with Crippen LogP contribution in [0.3, 0.4) is 0 Å². The van der Waals surface area contributed by atoms with Gasteiger partial charge in [0.15, 0.2) is 5.65 Å². The molecule has 0 aliphatic carbocycles. The number of rotatable bonds is 4. The minimum Gasteiger partial charge on any atom is -0.349 e. The molecule has 0 saturated carbocycles. The molecule has 27 heavy (non-hydrogen) atoms. The van der Waals surface area contributed by atoms with Crippen LogP contribution >= 0.6 is 0 Å². The van der Waals surface area contributed by atoms with E-state index in [1.807, 2.05) is 41.9 Å². The fraction of sp³-hybridized carbons (Fsp3) is 0.200. The van der Waals surface area contributed by atoms with Crippen LogP contribution in [0.25, 0.3) is 21.9 Å². The lowest BCUT2D eigenvalue weighted by molar-refractivity contribution is 0.0944. The van der Waals surface area contributed by atoms with Gasteiger partial charge in [-0.2, -0.15) is 0 Å². The third-order valence-corrected chi connectivity index (χ3v) is 4.73. The first-order chi connectivity index (χ1) is 13.1. The Balaban J connectivity index is 1.53. The van der Waals surface area contributed by atoms with Crippen molar-refractivity contribution in [1.82, 2.24) is 24.4 Å². The summed E-state index contributed by atoms with van der Waals surface area (Å²) < 4.78 is 3.43. The van der Waals surface area contributed by atoms with Crippen molar-refractivity contribution in [1.29, 1.82) is 0 Å². The maximum absolute atomic E-state index is 12.6. The van der Waals surface area contributed by atoms with Gasteiger partial charge in [-0.05, 0) is 31.2 Å². The quantitative estimate of drug-likeness (QED) is 0.603. The first-order valence-corrected chi connectivity index (χ1v) is 8.71. The van der Waals surface area contributed by atoms with E-state index in [4.69, 9.17) is 0 Å². The second-order valence-corrected chi connectivity index (χ2v) is 6.39. The van der Waals surface area contributed by atoms with Crippen LogP contribution in [0.2, 0.25) is 0 Å². The molecule has 136 valence electrons. The Morgan fingerprint density at radius 1 is 1.19 bits per heavy atom. The van der Waals surface area contributed by atoms with E-state index in [2.05, 4.69) is 15.3 Å². The number of para-hydroxylation sites is 1. The largest absolute Gasteiger partial charge is 0.349 e. The second-order valence-electron chi connectivity index (χ2n) is 6.39. The van der Waals surface area contributed by atoms with Crippen molar-refractivity contribution in [2.75, 3.05) is 6.54 Å². The minimum atomic E-state index is -0.171. The molecule has 0 atom stereocenters. The summed E-state index contributed by atoms with van der Waals surface area (Å²) in [7, 11) is 1.87. The maximum atomic E-state index is 12.6. The van der Waals surface area contributed by atoms with Crippen LogP contribution in [0.1, 0.15) is 16.3 Å². The fourth-order valence-electron chi connectivity index (χ4n) is 3.30. The standard InChI is InChI=1S/C20H19N5O2/c1-13-23-18-15(7-5-9-21-18)20(27)25(13)11-10-22-19(26)17-12-14-6-3-4-8-16(14)24(17)2/h3-9,12H,10-11H2,1-2H3,(H,22,26). The first kappa shape index (κ1) is 17.0. The number of benzene rings is 1. The topological polar surface area (TPSA) is 81.8 Å². The van der Waals surface area contributed by atoms with Crippen molar-refractivity contribution in [3.8, 4) is 0 Å². The lowest BCUT2D eigenvalue weighted by Crippen LogP contribution is -2.33. The number of pyridine rings is 1. The molecule has 4 rings (SSSR count). The summed E-state index contributed by atoms with van der Waals surface area (Å²) in [6.45, 7) is 2.44. The number of carbonyl (C=O) groups excluding carboxylic acids is 1. The fourth-order valence-corrected chi connectivity index (χ4v) is 3.30.